The smallest absolute Gasteiger partial charge is 0.00796 e. The fourth-order valence-electron chi connectivity index (χ4n) is 1.47. The van der Waals surface area contributed by atoms with Gasteiger partial charge in [-0.3, -0.25) is 0 Å². The first-order valence-electron chi connectivity index (χ1n) is 5.09. The van der Waals surface area contributed by atoms with E-state index in [1.807, 2.05) is 0 Å². The standard InChI is InChI=1S/C11H19NS/c1-2-3-4-5-11(12)8-10-6-7-13-9-10/h6-7,9,11H,2-5,8,12H2,1H3. The van der Waals surface area contributed by atoms with E-state index in [9.17, 15) is 0 Å². The second-order valence-corrected chi connectivity index (χ2v) is 4.37. The number of unbranched alkanes of at least 4 members (excludes halogenated alkanes) is 2. The van der Waals surface area contributed by atoms with Crippen molar-refractivity contribution in [2.75, 3.05) is 0 Å². The molecule has 2 heteroatoms. The molecule has 1 unspecified atom stereocenters. The predicted octanol–water partition coefficient (Wildman–Crippen LogP) is 3.20. The summed E-state index contributed by atoms with van der Waals surface area (Å²) < 4.78 is 0. The van der Waals surface area contributed by atoms with Gasteiger partial charge in [0.05, 0.1) is 0 Å². The first-order chi connectivity index (χ1) is 6.33. The van der Waals surface area contributed by atoms with Crippen LogP contribution in [0.3, 0.4) is 0 Å². The molecule has 0 bridgehead atoms. The van der Waals surface area contributed by atoms with E-state index in [-0.39, 0.29) is 0 Å². The van der Waals surface area contributed by atoms with E-state index in [4.69, 9.17) is 5.73 Å². The minimum absolute atomic E-state index is 0.362. The van der Waals surface area contributed by atoms with E-state index in [0.29, 0.717) is 6.04 Å². The molecule has 0 aliphatic heterocycles. The molecule has 0 radical (unpaired) electrons. The minimum Gasteiger partial charge on any atom is -0.327 e. The second-order valence-electron chi connectivity index (χ2n) is 3.59. The number of hydrogen-bond donors (Lipinski definition) is 1. The van der Waals surface area contributed by atoms with Crippen LogP contribution in [0.5, 0.6) is 0 Å². The van der Waals surface area contributed by atoms with Crippen molar-refractivity contribution in [1.82, 2.24) is 0 Å². The van der Waals surface area contributed by atoms with Gasteiger partial charge < -0.3 is 5.73 Å². The van der Waals surface area contributed by atoms with Crippen molar-refractivity contribution in [3.8, 4) is 0 Å². The maximum atomic E-state index is 6.01. The molecule has 0 aromatic carbocycles. The summed E-state index contributed by atoms with van der Waals surface area (Å²) in [6, 6.07) is 2.53. The van der Waals surface area contributed by atoms with E-state index in [1.165, 1.54) is 31.2 Å². The lowest BCUT2D eigenvalue weighted by atomic mass is 10.0. The van der Waals surface area contributed by atoms with Gasteiger partial charge in [-0.15, -0.1) is 0 Å². The van der Waals surface area contributed by atoms with Crippen molar-refractivity contribution in [3.63, 3.8) is 0 Å². The molecule has 13 heavy (non-hydrogen) atoms. The number of rotatable bonds is 6. The third-order valence-corrected chi connectivity index (χ3v) is 2.99. The highest BCUT2D eigenvalue weighted by molar-refractivity contribution is 7.07. The zero-order chi connectivity index (χ0) is 9.52. The van der Waals surface area contributed by atoms with Gasteiger partial charge in [-0.05, 0) is 35.2 Å². The molecule has 74 valence electrons. The van der Waals surface area contributed by atoms with Crippen LogP contribution in [0, 0.1) is 0 Å². The Balaban J connectivity index is 2.14. The topological polar surface area (TPSA) is 26.0 Å². The van der Waals surface area contributed by atoms with Crippen LogP contribution in [0.2, 0.25) is 0 Å². The Morgan fingerprint density at radius 3 is 2.92 bits per heavy atom. The van der Waals surface area contributed by atoms with Crippen LogP contribution in [0.4, 0.5) is 0 Å². The van der Waals surface area contributed by atoms with Crippen molar-refractivity contribution in [2.24, 2.45) is 5.73 Å². The summed E-state index contributed by atoms with van der Waals surface area (Å²) in [5.41, 5.74) is 7.41. The van der Waals surface area contributed by atoms with Crippen molar-refractivity contribution in [1.29, 1.82) is 0 Å². The summed E-state index contributed by atoms with van der Waals surface area (Å²) >= 11 is 1.75. The Morgan fingerprint density at radius 2 is 2.31 bits per heavy atom. The van der Waals surface area contributed by atoms with Gasteiger partial charge in [0.15, 0.2) is 0 Å². The number of nitrogens with two attached hydrogens (primary N) is 1. The zero-order valence-corrected chi connectivity index (χ0v) is 9.15. The number of thiophene rings is 1. The van der Waals surface area contributed by atoms with E-state index in [1.54, 1.807) is 11.3 Å². The first-order valence-corrected chi connectivity index (χ1v) is 6.04. The molecule has 1 aromatic heterocycles. The van der Waals surface area contributed by atoms with Crippen molar-refractivity contribution in [3.05, 3.63) is 22.4 Å². The molecule has 2 N–H and O–H groups in total. The van der Waals surface area contributed by atoms with Crippen molar-refractivity contribution >= 4 is 11.3 Å². The fourth-order valence-corrected chi connectivity index (χ4v) is 2.15. The van der Waals surface area contributed by atoms with Gasteiger partial charge in [0.1, 0.15) is 0 Å². The van der Waals surface area contributed by atoms with Gasteiger partial charge in [0, 0.05) is 6.04 Å². The molecule has 0 saturated carbocycles. The lowest BCUT2D eigenvalue weighted by Crippen LogP contribution is -2.22. The quantitative estimate of drug-likeness (QED) is 0.696. The van der Waals surface area contributed by atoms with E-state index >= 15 is 0 Å². The Morgan fingerprint density at radius 1 is 1.46 bits per heavy atom. The van der Waals surface area contributed by atoms with Gasteiger partial charge in [-0.25, -0.2) is 0 Å². The van der Waals surface area contributed by atoms with Gasteiger partial charge in [0.2, 0.25) is 0 Å². The van der Waals surface area contributed by atoms with Gasteiger partial charge in [-0.1, -0.05) is 26.2 Å². The molecule has 0 amide bonds. The highest BCUT2D eigenvalue weighted by atomic mass is 32.1. The molecule has 0 spiro atoms. The van der Waals surface area contributed by atoms with Crippen LogP contribution in [0.1, 0.15) is 38.2 Å². The molecular weight excluding hydrogens is 178 g/mol. The van der Waals surface area contributed by atoms with Gasteiger partial charge in [-0.2, -0.15) is 11.3 Å². The van der Waals surface area contributed by atoms with Crippen molar-refractivity contribution < 1.29 is 0 Å². The largest absolute Gasteiger partial charge is 0.327 e. The summed E-state index contributed by atoms with van der Waals surface area (Å²) in [6.45, 7) is 2.23. The monoisotopic (exact) mass is 197 g/mol. The molecule has 1 nitrogen and oxygen atoms in total. The van der Waals surface area contributed by atoms with E-state index < -0.39 is 0 Å². The molecule has 1 aromatic rings. The predicted molar refractivity (Wildman–Crippen MR) is 60.1 cm³/mol. The molecule has 0 fully saturated rings. The molecule has 0 saturated heterocycles. The van der Waals surface area contributed by atoms with Crippen molar-refractivity contribution in [2.45, 2.75) is 45.1 Å². The third-order valence-electron chi connectivity index (χ3n) is 2.26. The van der Waals surface area contributed by atoms with Crippen LogP contribution in [-0.4, -0.2) is 6.04 Å². The summed E-state index contributed by atoms with van der Waals surface area (Å²) in [6.07, 6.45) is 6.10. The van der Waals surface area contributed by atoms with Crippen LogP contribution < -0.4 is 5.73 Å². The van der Waals surface area contributed by atoms with E-state index in [2.05, 4.69) is 23.8 Å². The molecule has 1 atom stereocenters. The Labute approximate surface area is 85.0 Å². The average Bonchev–Trinajstić information content (AvgIpc) is 2.57. The Bertz CT molecular complexity index is 206. The zero-order valence-electron chi connectivity index (χ0n) is 8.33. The van der Waals surface area contributed by atoms with Gasteiger partial charge in [0.25, 0.3) is 0 Å². The molecule has 0 aliphatic carbocycles. The normalized spacial score (nSPS) is 13.1. The summed E-state index contributed by atoms with van der Waals surface area (Å²) in [7, 11) is 0. The average molecular weight is 197 g/mol. The SMILES string of the molecule is CCCCCC(N)Cc1ccsc1. The Hall–Kier alpha value is -0.340. The fraction of sp³-hybridized carbons (Fsp3) is 0.636. The van der Waals surface area contributed by atoms with Crippen LogP contribution >= 0.6 is 11.3 Å². The second kappa shape index (κ2) is 6.17. The summed E-state index contributed by atoms with van der Waals surface area (Å²) in [5.74, 6) is 0. The van der Waals surface area contributed by atoms with E-state index in [0.717, 1.165) is 6.42 Å². The highest BCUT2D eigenvalue weighted by Gasteiger charge is 2.03. The third kappa shape index (κ3) is 4.44. The van der Waals surface area contributed by atoms with Crippen LogP contribution in [-0.2, 0) is 6.42 Å². The molecule has 0 aliphatic rings. The van der Waals surface area contributed by atoms with Crippen LogP contribution in [0.15, 0.2) is 16.8 Å². The summed E-state index contributed by atoms with van der Waals surface area (Å²) in [4.78, 5) is 0. The maximum Gasteiger partial charge on any atom is 0.00796 e. The maximum absolute atomic E-state index is 6.01. The first kappa shape index (κ1) is 10.7. The molecule has 1 heterocycles. The van der Waals surface area contributed by atoms with Gasteiger partial charge >= 0.3 is 0 Å². The molecular formula is C11H19NS. The minimum atomic E-state index is 0.362. The Kier molecular flexibility index (Phi) is 5.09. The number of hydrogen-bond acceptors (Lipinski definition) is 2. The van der Waals surface area contributed by atoms with Crippen LogP contribution in [0.25, 0.3) is 0 Å². The molecule has 1 rings (SSSR count). The highest BCUT2D eigenvalue weighted by Crippen LogP contribution is 2.11. The summed E-state index contributed by atoms with van der Waals surface area (Å²) in [5, 5.41) is 4.31. The lowest BCUT2D eigenvalue weighted by molar-refractivity contribution is 0.558. The lowest BCUT2D eigenvalue weighted by Gasteiger charge is -2.09.